The zero-order valence-electron chi connectivity index (χ0n) is 11.6. The fourth-order valence-corrected chi connectivity index (χ4v) is 2.24. The number of aliphatic hydroxyl groups excluding tert-OH is 1. The molecule has 0 aliphatic heterocycles. The van der Waals surface area contributed by atoms with Crippen molar-refractivity contribution in [3.8, 4) is 5.75 Å². The maximum absolute atomic E-state index is 11.7. The van der Waals surface area contributed by atoms with Gasteiger partial charge in [-0.1, -0.05) is 11.6 Å². The van der Waals surface area contributed by atoms with Gasteiger partial charge in [0.2, 0.25) is 0 Å². The molecule has 20 heavy (non-hydrogen) atoms. The number of carbonyl (C=O) groups excluding carboxylic acids is 1. The lowest BCUT2D eigenvalue weighted by atomic mass is 10.0. The summed E-state index contributed by atoms with van der Waals surface area (Å²) in [7, 11) is 0. The third-order valence-electron chi connectivity index (χ3n) is 3.76. The maximum Gasteiger partial charge on any atom is 0.257 e. The molecule has 0 radical (unpaired) electrons. The molecule has 110 valence electrons. The van der Waals surface area contributed by atoms with Crippen LogP contribution < -0.4 is 10.1 Å². The van der Waals surface area contributed by atoms with E-state index < -0.39 is 0 Å². The van der Waals surface area contributed by atoms with Crippen LogP contribution in [0.25, 0.3) is 0 Å². The van der Waals surface area contributed by atoms with E-state index in [4.69, 9.17) is 21.4 Å². The maximum atomic E-state index is 11.7. The molecule has 0 spiro atoms. The Morgan fingerprint density at radius 2 is 2.25 bits per heavy atom. The minimum Gasteiger partial charge on any atom is -0.484 e. The van der Waals surface area contributed by atoms with E-state index in [2.05, 4.69) is 5.32 Å². The van der Waals surface area contributed by atoms with Crippen molar-refractivity contribution in [1.82, 2.24) is 5.32 Å². The van der Waals surface area contributed by atoms with E-state index in [-0.39, 0.29) is 24.5 Å². The summed E-state index contributed by atoms with van der Waals surface area (Å²) in [5.41, 5.74) is 1.05. The normalized spacial score (nSPS) is 15.8. The van der Waals surface area contributed by atoms with E-state index in [0.29, 0.717) is 17.3 Å². The van der Waals surface area contributed by atoms with Crippen molar-refractivity contribution in [2.24, 2.45) is 5.41 Å². The first-order valence-corrected chi connectivity index (χ1v) is 7.19. The number of hydrogen-bond acceptors (Lipinski definition) is 3. The number of carbonyl (C=O) groups is 1. The number of amides is 1. The highest BCUT2D eigenvalue weighted by molar-refractivity contribution is 6.31. The van der Waals surface area contributed by atoms with Crippen molar-refractivity contribution in [2.45, 2.75) is 26.2 Å². The topological polar surface area (TPSA) is 58.6 Å². The van der Waals surface area contributed by atoms with E-state index in [1.54, 1.807) is 12.1 Å². The minimum absolute atomic E-state index is 0.00369. The highest BCUT2D eigenvalue weighted by atomic mass is 35.5. The first-order chi connectivity index (χ1) is 9.54. The minimum atomic E-state index is -0.137. The van der Waals surface area contributed by atoms with Gasteiger partial charge >= 0.3 is 0 Å². The van der Waals surface area contributed by atoms with Crippen LogP contribution in [0.15, 0.2) is 18.2 Å². The second-order valence-electron chi connectivity index (χ2n) is 5.45. The number of nitrogens with one attached hydrogen (secondary N) is 1. The Morgan fingerprint density at radius 1 is 1.50 bits per heavy atom. The zero-order chi connectivity index (χ0) is 14.6. The molecule has 1 aliphatic rings. The molecule has 0 atom stereocenters. The van der Waals surface area contributed by atoms with Gasteiger partial charge in [-0.05, 0) is 55.4 Å². The van der Waals surface area contributed by atoms with Gasteiger partial charge in [0, 0.05) is 18.2 Å². The molecule has 2 rings (SSSR count). The van der Waals surface area contributed by atoms with Crippen LogP contribution in [0.1, 0.15) is 24.8 Å². The molecule has 1 aromatic carbocycles. The predicted octanol–water partition coefficient (Wildman–Crippen LogP) is 2.31. The van der Waals surface area contributed by atoms with Crippen LogP contribution >= 0.6 is 11.6 Å². The predicted molar refractivity (Wildman–Crippen MR) is 78.1 cm³/mol. The summed E-state index contributed by atoms with van der Waals surface area (Å²) < 4.78 is 5.43. The fourth-order valence-electron chi connectivity index (χ4n) is 2.12. The van der Waals surface area contributed by atoms with E-state index in [1.807, 2.05) is 13.0 Å². The summed E-state index contributed by atoms with van der Waals surface area (Å²) >= 11 is 5.92. The van der Waals surface area contributed by atoms with Gasteiger partial charge in [-0.2, -0.15) is 0 Å². The standard InChI is InChI=1S/C15H20ClNO3/c1-11-8-12(2-3-13(11)16)20-9-14(19)17-10-15(4-5-15)6-7-18/h2-3,8,18H,4-7,9-10H2,1H3,(H,17,19). The van der Waals surface area contributed by atoms with Crippen molar-refractivity contribution < 1.29 is 14.6 Å². The number of rotatable bonds is 7. The third kappa shape index (κ3) is 4.12. The van der Waals surface area contributed by atoms with Crippen LogP contribution in [-0.2, 0) is 4.79 Å². The van der Waals surface area contributed by atoms with Crippen molar-refractivity contribution in [3.63, 3.8) is 0 Å². The average molecular weight is 298 g/mol. The Kier molecular flexibility index (Phi) is 4.89. The van der Waals surface area contributed by atoms with Crippen molar-refractivity contribution >= 4 is 17.5 Å². The summed E-state index contributed by atoms with van der Waals surface area (Å²) in [6.07, 6.45) is 2.90. The van der Waals surface area contributed by atoms with E-state index >= 15 is 0 Å². The molecular formula is C15H20ClNO3. The third-order valence-corrected chi connectivity index (χ3v) is 4.18. The zero-order valence-corrected chi connectivity index (χ0v) is 12.4. The average Bonchev–Trinajstić information content (AvgIpc) is 3.18. The Bertz CT molecular complexity index is 486. The van der Waals surface area contributed by atoms with Gasteiger partial charge in [0.1, 0.15) is 5.75 Å². The largest absolute Gasteiger partial charge is 0.484 e. The van der Waals surface area contributed by atoms with Gasteiger partial charge in [-0.15, -0.1) is 0 Å². The number of benzene rings is 1. The summed E-state index contributed by atoms with van der Waals surface area (Å²) in [5.74, 6) is 0.500. The van der Waals surface area contributed by atoms with Crippen LogP contribution in [0.2, 0.25) is 5.02 Å². The Labute approximate surface area is 124 Å². The first kappa shape index (κ1) is 15.1. The number of aliphatic hydroxyl groups is 1. The highest BCUT2D eigenvalue weighted by Crippen LogP contribution is 2.47. The number of hydrogen-bond donors (Lipinski definition) is 2. The molecule has 0 aromatic heterocycles. The molecular weight excluding hydrogens is 278 g/mol. The summed E-state index contributed by atoms with van der Waals surface area (Å²) in [5, 5.41) is 12.5. The second-order valence-corrected chi connectivity index (χ2v) is 5.86. The summed E-state index contributed by atoms with van der Waals surface area (Å²) in [6, 6.07) is 5.31. The van der Waals surface area contributed by atoms with Gasteiger partial charge in [-0.3, -0.25) is 4.79 Å². The second kappa shape index (κ2) is 6.46. The molecule has 0 unspecified atom stereocenters. The van der Waals surface area contributed by atoms with Crippen LogP contribution in [0.3, 0.4) is 0 Å². The Morgan fingerprint density at radius 3 is 2.85 bits per heavy atom. The van der Waals surface area contributed by atoms with Gasteiger partial charge in [0.25, 0.3) is 5.91 Å². The van der Waals surface area contributed by atoms with Gasteiger partial charge in [0.05, 0.1) is 0 Å². The molecule has 1 amide bonds. The molecule has 1 saturated carbocycles. The highest BCUT2D eigenvalue weighted by Gasteiger charge is 2.41. The number of halogens is 1. The molecule has 0 bridgehead atoms. The van der Waals surface area contributed by atoms with Crippen molar-refractivity contribution in [2.75, 3.05) is 19.8 Å². The molecule has 1 aliphatic carbocycles. The van der Waals surface area contributed by atoms with Crippen LogP contribution in [-0.4, -0.2) is 30.8 Å². The van der Waals surface area contributed by atoms with E-state index in [1.165, 1.54) is 0 Å². The monoisotopic (exact) mass is 297 g/mol. The fraction of sp³-hybridized carbons (Fsp3) is 0.533. The lowest BCUT2D eigenvalue weighted by Crippen LogP contribution is -2.34. The van der Waals surface area contributed by atoms with Gasteiger partial charge in [-0.25, -0.2) is 0 Å². The van der Waals surface area contributed by atoms with Gasteiger partial charge < -0.3 is 15.2 Å². The van der Waals surface area contributed by atoms with E-state index in [9.17, 15) is 4.79 Å². The summed E-state index contributed by atoms with van der Waals surface area (Å²) in [6.45, 7) is 2.68. The number of ether oxygens (including phenoxy) is 1. The van der Waals surface area contributed by atoms with E-state index in [0.717, 1.165) is 24.8 Å². The lowest BCUT2D eigenvalue weighted by Gasteiger charge is -2.14. The molecule has 0 saturated heterocycles. The molecule has 4 nitrogen and oxygen atoms in total. The van der Waals surface area contributed by atoms with Crippen LogP contribution in [0, 0.1) is 12.3 Å². The summed E-state index contributed by atoms with van der Waals surface area (Å²) in [4.78, 5) is 11.7. The molecule has 1 aromatic rings. The smallest absolute Gasteiger partial charge is 0.257 e. The lowest BCUT2D eigenvalue weighted by molar-refractivity contribution is -0.123. The number of aryl methyl sites for hydroxylation is 1. The molecule has 2 N–H and O–H groups in total. The van der Waals surface area contributed by atoms with Crippen LogP contribution in [0.5, 0.6) is 5.75 Å². The Balaban J connectivity index is 1.73. The quantitative estimate of drug-likeness (QED) is 0.812. The molecule has 0 heterocycles. The van der Waals surface area contributed by atoms with Gasteiger partial charge in [0.15, 0.2) is 6.61 Å². The van der Waals surface area contributed by atoms with Crippen molar-refractivity contribution in [1.29, 1.82) is 0 Å². The van der Waals surface area contributed by atoms with Crippen LogP contribution in [0.4, 0.5) is 0 Å². The SMILES string of the molecule is Cc1cc(OCC(=O)NCC2(CCO)CC2)ccc1Cl. The van der Waals surface area contributed by atoms with Crippen molar-refractivity contribution in [3.05, 3.63) is 28.8 Å². The first-order valence-electron chi connectivity index (χ1n) is 6.81. The Hall–Kier alpha value is -1.26. The molecule has 5 heteroatoms. The molecule has 1 fully saturated rings.